The van der Waals surface area contributed by atoms with Crippen molar-refractivity contribution in [2.45, 2.75) is 66.0 Å². The number of hydrogen-bond acceptors (Lipinski definition) is 2. The zero-order valence-corrected chi connectivity index (χ0v) is 10.5. The summed E-state index contributed by atoms with van der Waals surface area (Å²) < 4.78 is 0. The lowest BCUT2D eigenvalue weighted by Crippen LogP contribution is -2.47. The van der Waals surface area contributed by atoms with Gasteiger partial charge in [0, 0.05) is 12.1 Å². The summed E-state index contributed by atoms with van der Waals surface area (Å²) in [5, 5.41) is 0. The first-order valence-corrected chi connectivity index (χ1v) is 5.92. The van der Waals surface area contributed by atoms with Gasteiger partial charge in [-0.05, 0) is 30.6 Å². The first kappa shape index (κ1) is 13.9. The molecule has 3 atom stereocenters. The second-order valence-electron chi connectivity index (χ2n) is 5.20. The van der Waals surface area contributed by atoms with Gasteiger partial charge in [0.15, 0.2) is 0 Å². The third-order valence-corrected chi connectivity index (χ3v) is 3.18. The lowest BCUT2D eigenvalue weighted by Gasteiger charge is -2.39. The minimum absolute atomic E-state index is 0.225. The Balaban J connectivity index is 0.000000791. The lowest BCUT2D eigenvalue weighted by atomic mass is 9.70. The van der Waals surface area contributed by atoms with Crippen molar-refractivity contribution in [2.24, 2.45) is 22.8 Å². The Morgan fingerprint density at radius 2 is 1.43 bits per heavy atom. The normalized spacial score (nSPS) is 33.2. The number of hydrogen-bond donors (Lipinski definition) is 2. The van der Waals surface area contributed by atoms with E-state index in [4.69, 9.17) is 11.5 Å². The van der Waals surface area contributed by atoms with E-state index in [9.17, 15) is 0 Å². The molecule has 1 rings (SSSR count). The summed E-state index contributed by atoms with van der Waals surface area (Å²) in [6, 6.07) is 0.464. The highest BCUT2D eigenvalue weighted by molar-refractivity contribution is 4.89. The van der Waals surface area contributed by atoms with E-state index in [-0.39, 0.29) is 12.1 Å². The molecule has 0 spiro atoms. The average molecular weight is 200 g/mol. The second-order valence-corrected chi connectivity index (χ2v) is 5.20. The summed E-state index contributed by atoms with van der Waals surface area (Å²) in [7, 11) is 0. The van der Waals surface area contributed by atoms with Gasteiger partial charge in [0.25, 0.3) is 0 Å². The fourth-order valence-corrected chi connectivity index (χ4v) is 2.02. The van der Waals surface area contributed by atoms with Crippen molar-refractivity contribution in [1.29, 1.82) is 0 Å². The molecule has 0 bridgehead atoms. The van der Waals surface area contributed by atoms with E-state index >= 15 is 0 Å². The average Bonchev–Trinajstić information content (AvgIpc) is 2.11. The molecule has 4 N–H and O–H groups in total. The smallest absolute Gasteiger partial charge is 0.0195 e. The highest BCUT2D eigenvalue weighted by Crippen LogP contribution is 2.36. The van der Waals surface area contributed by atoms with Crippen LogP contribution < -0.4 is 11.5 Å². The fraction of sp³-hybridized carbons (Fsp3) is 1.00. The van der Waals surface area contributed by atoms with Crippen molar-refractivity contribution < 1.29 is 0 Å². The van der Waals surface area contributed by atoms with Gasteiger partial charge in [0.05, 0.1) is 0 Å². The molecule has 14 heavy (non-hydrogen) atoms. The predicted molar refractivity (Wildman–Crippen MR) is 64.1 cm³/mol. The number of rotatable bonds is 0. The zero-order valence-electron chi connectivity index (χ0n) is 10.5. The zero-order chi connectivity index (χ0) is 11.4. The summed E-state index contributed by atoms with van der Waals surface area (Å²) in [6.07, 6.45) is 3.45. The summed E-state index contributed by atoms with van der Waals surface area (Å²) in [5.74, 6) is 0.757. The van der Waals surface area contributed by atoms with Crippen molar-refractivity contribution in [3.05, 3.63) is 0 Å². The highest BCUT2D eigenvalue weighted by atomic mass is 14.8. The predicted octanol–water partition coefficient (Wildman–Crippen LogP) is 2.51. The van der Waals surface area contributed by atoms with Gasteiger partial charge in [0.2, 0.25) is 0 Å². The van der Waals surface area contributed by atoms with E-state index in [2.05, 4.69) is 20.8 Å². The van der Waals surface area contributed by atoms with Gasteiger partial charge in [0.1, 0.15) is 0 Å². The van der Waals surface area contributed by atoms with Crippen LogP contribution in [0.2, 0.25) is 0 Å². The lowest BCUT2D eigenvalue weighted by molar-refractivity contribution is 0.155. The standard InChI is InChI=1S/C10H22N2.C2H6/c1-10(2,3)7-4-5-8(11)9(12)6-7;1-2/h7-9H,4-6,11-12H2,1-3H3;1-2H3. The molecule has 0 aliphatic heterocycles. The first-order valence-electron chi connectivity index (χ1n) is 5.92. The van der Waals surface area contributed by atoms with Gasteiger partial charge >= 0.3 is 0 Å². The molecule has 3 unspecified atom stereocenters. The van der Waals surface area contributed by atoms with Crippen LogP contribution in [0.25, 0.3) is 0 Å². The molecular weight excluding hydrogens is 172 g/mol. The van der Waals surface area contributed by atoms with Crippen LogP contribution in [0.15, 0.2) is 0 Å². The molecular formula is C12H28N2. The summed E-state index contributed by atoms with van der Waals surface area (Å²) >= 11 is 0. The van der Waals surface area contributed by atoms with Crippen molar-refractivity contribution in [3.63, 3.8) is 0 Å². The molecule has 2 heteroatoms. The Bertz CT molecular complexity index is 149. The van der Waals surface area contributed by atoms with Crippen LogP contribution in [-0.2, 0) is 0 Å². The Labute approximate surface area is 89.4 Å². The quantitative estimate of drug-likeness (QED) is 0.631. The number of nitrogens with two attached hydrogens (primary N) is 2. The summed E-state index contributed by atoms with van der Waals surface area (Å²) in [5.41, 5.74) is 12.2. The van der Waals surface area contributed by atoms with Crippen LogP contribution in [-0.4, -0.2) is 12.1 Å². The molecule has 1 aliphatic carbocycles. The molecule has 1 fully saturated rings. The van der Waals surface area contributed by atoms with Crippen molar-refractivity contribution in [2.75, 3.05) is 0 Å². The molecule has 1 saturated carbocycles. The van der Waals surface area contributed by atoms with E-state index in [1.54, 1.807) is 0 Å². The Kier molecular flexibility index (Phi) is 5.68. The monoisotopic (exact) mass is 200 g/mol. The summed E-state index contributed by atoms with van der Waals surface area (Å²) in [6.45, 7) is 10.9. The summed E-state index contributed by atoms with van der Waals surface area (Å²) in [4.78, 5) is 0. The fourth-order valence-electron chi connectivity index (χ4n) is 2.02. The SMILES string of the molecule is CC.CC(C)(C)C1CCC(N)C(N)C1. The van der Waals surface area contributed by atoms with Crippen molar-refractivity contribution in [3.8, 4) is 0 Å². The van der Waals surface area contributed by atoms with Gasteiger partial charge in [-0.25, -0.2) is 0 Å². The first-order chi connectivity index (χ1) is 6.41. The van der Waals surface area contributed by atoms with Crippen LogP contribution in [0.4, 0.5) is 0 Å². The Hall–Kier alpha value is -0.0800. The minimum Gasteiger partial charge on any atom is -0.326 e. The molecule has 0 aromatic carbocycles. The molecule has 86 valence electrons. The van der Waals surface area contributed by atoms with E-state index in [1.165, 1.54) is 6.42 Å². The molecule has 0 amide bonds. The molecule has 0 saturated heterocycles. The van der Waals surface area contributed by atoms with E-state index in [0.29, 0.717) is 5.41 Å². The maximum atomic E-state index is 5.94. The molecule has 0 radical (unpaired) electrons. The largest absolute Gasteiger partial charge is 0.326 e. The Morgan fingerprint density at radius 3 is 1.79 bits per heavy atom. The van der Waals surface area contributed by atoms with Crippen molar-refractivity contribution in [1.82, 2.24) is 0 Å². The van der Waals surface area contributed by atoms with Crippen LogP contribution in [0.5, 0.6) is 0 Å². The van der Waals surface area contributed by atoms with E-state index in [1.807, 2.05) is 13.8 Å². The third kappa shape index (κ3) is 3.97. The third-order valence-electron chi connectivity index (χ3n) is 3.18. The van der Waals surface area contributed by atoms with Crippen LogP contribution >= 0.6 is 0 Å². The molecule has 0 heterocycles. The van der Waals surface area contributed by atoms with Crippen LogP contribution in [0.1, 0.15) is 53.9 Å². The van der Waals surface area contributed by atoms with Crippen molar-refractivity contribution >= 4 is 0 Å². The van der Waals surface area contributed by atoms with Crippen LogP contribution in [0, 0.1) is 11.3 Å². The maximum Gasteiger partial charge on any atom is 0.0195 e. The van der Waals surface area contributed by atoms with Gasteiger partial charge in [-0.2, -0.15) is 0 Å². The van der Waals surface area contributed by atoms with Gasteiger partial charge in [-0.1, -0.05) is 34.6 Å². The second kappa shape index (κ2) is 5.72. The maximum absolute atomic E-state index is 5.94. The van der Waals surface area contributed by atoms with Gasteiger partial charge in [-0.15, -0.1) is 0 Å². The topological polar surface area (TPSA) is 52.0 Å². The van der Waals surface area contributed by atoms with E-state index < -0.39 is 0 Å². The van der Waals surface area contributed by atoms with Crippen LogP contribution in [0.3, 0.4) is 0 Å². The minimum atomic E-state index is 0.225. The van der Waals surface area contributed by atoms with Gasteiger partial charge < -0.3 is 11.5 Å². The molecule has 2 nitrogen and oxygen atoms in total. The molecule has 0 aromatic heterocycles. The van der Waals surface area contributed by atoms with Gasteiger partial charge in [-0.3, -0.25) is 0 Å². The Morgan fingerprint density at radius 1 is 0.929 bits per heavy atom. The van der Waals surface area contributed by atoms with E-state index in [0.717, 1.165) is 18.8 Å². The molecule has 1 aliphatic rings. The molecule has 0 aromatic rings. The highest BCUT2D eigenvalue weighted by Gasteiger charge is 2.32.